The van der Waals surface area contributed by atoms with Crippen molar-refractivity contribution in [2.24, 2.45) is 0 Å². The largest absolute Gasteiger partial charge is 0.325 e. The first kappa shape index (κ1) is 12.3. The Balaban J connectivity index is 2.29. The second kappa shape index (κ2) is 5.46. The van der Waals surface area contributed by atoms with Gasteiger partial charge in [-0.3, -0.25) is 9.59 Å². The van der Waals surface area contributed by atoms with Crippen molar-refractivity contribution in [2.75, 3.05) is 11.2 Å². The number of rotatable bonds is 3. The third-order valence-electron chi connectivity index (χ3n) is 2.24. The van der Waals surface area contributed by atoms with Crippen molar-refractivity contribution < 1.29 is 4.79 Å². The Morgan fingerprint density at radius 1 is 1.33 bits per heavy atom. The molecule has 0 saturated carbocycles. The van der Waals surface area contributed by atoms with E-state index < -0.39 is 0 Å². The number of H-pyrrole nitrogens is 1. The summed E-state index contributed by atoms with van der Waals surface area (Å²) >= 11 is 5.41. The van der Waals surface area contributed by atoms with Crippen LogP contribution in [0.2, 0.25) is 0 Å². The van der Waals surface area contributed by atoms with E-state index in [0.29, 0.717) is 11.4 Å². The normalized spacial score (nSPS) is 10.1. The van der Waals surface area contributed by atoms with Gasteiger partial charge in [-0.2, -0.15) is 5.10 Å². The molecule has 92 valence electrons. The van der Waals surface area contributed by atoms with Gasteiger partial charge in [0.1, 0.15) is 5.88 Å². The van der Waals surface area contributed by atoms with Crippen molar-refractivity contribution in [3.63, 3.8) is 0 Å². The fourth-order valence-electron chi connectivity index (χ4n) is 1.46. The monoisotopic (exact) mass is 263 g/mol. The molecular weight excluding hydrogens is 254 g/mol. The molecule has 2 aromatic rings. The Morgan fingerprint density at radius 3 is 2.83 bits per heavy atom. The Morgan fingerprint density at radius 2 is 2.17 bits per heavy atom. The van der Waals surface area contributed by atoms with Crippen LogP contribution < -0.4 is 10.9 Å². The predicted octanol–water partition coefficient (Wildman–Crippen LogP) is 1.61. The summed E-state index contributed by atoms with van der Waals surface area (Å²) in [5.74, 6) is -0.371. The van der Waals surface area contributed by atoms with Crippen LogP contribution >= 0.6 is 11.6 Å². The lowest BCUT2D eigenvalue weighted by Crippen LogP contribution is -2.12. The maximum Gasteiger partial charge on any atom is 0.264 e. The van der Waals surface area contributed by atoms with Crippen molar-refractivity contribution in [1.29, 1.82) is 0 Å². The van der Waals surface area contributed by atoms with E-state index >= 15 is 0 Å². The minimum absolute atomic E-state index is 0.0961. The van der Waals surface area contributed by atoms with Crippen LogP contribution in [0.25, 0.3) is 11.3 Å². The van der Waals surface area contributed by atoms with Gasteiger partial charge in [-0.1, -0.05) is 12.1 Å². The summed E-state index contributed by atoms with van der Waals surface area (Å²) in [4.78, 5) is 22.1. The van der Waals surface area contributed by atoms with Gasteiger partial charge in [0.2, 0.25) is 5.91 Å². The van der Waals surface area contributed by atoms with E-state index in [1.807, 2.05) is 6.07 Å². The third-order valence-corrected chi connectivity index (χ3v) is 2.49. The number of carbonyl (C=O) groups excluding carboxylic acids is 1. The van der Waals surface area contributed by atoms with Gasteiger partial charge < -0.3 is 5.32 Å². The number of aromatic amines is 1. The molecule has 0 fully saturated rings. The minimum atomic E-state index is -0.275. The lowest BCUT2D eigenvalue weighted by atomic mass is 10.1. The predicted molar refractivity (Wildman–Crippen MR) is 69.6 cm³/mol. The quantitative estimate of drug-likeness (QED) is 0.826. The summed E-state index contributed by atoms with van der Waals surface area (Å²) in [6.45, 7) is 0. The van der Waals surface area contributed by atoms with E-state index in [-0.39, 0.29) is 17.3 Å². The number of hydrogen-bond acceptors (Lipinski definition) is 3. The molecule has 2 rings (SSSR count). The van der Waals surface area contributed by atoms with Crippen LogP contribution in [-0.4, -0.2) is 22.0 Å². The number of carbonyl (C=O) groups is 1. The van der Waals surface area contributed by atoms with E-state index in [9.17, 15) is 9.59 Å². The lowest BCUT2D eigenvalue weighted by molar-refractivity contribution is -0.113. The number of anilines is 1. The molecule has 0 spiro atoms. The van der Waals surface area contributed by atoms with Crippen molar-refractivity contribution in [1.82, 2.24) is 10.2 Å². The van der Waals surface area contributed by atoms with Crippen LogP contribution in [0.15, 0.2) is 41.2 Å². The number of halogens is 1. The molecule has 0 aliphatic heterocycles. The van der Waals surface area contributed by atoms with Crippen molar-refractivity contribution in [3.05, 3.63) is 46.8 Å². The van der Waals surface area contributed by atoms with Crippen LogP contribution in [0.1, 0.15) is 0 Å². The van der Waals surface area contributed by atoms with Gasteiger partial charge in [-0.05, 0) is 18.2 Å². The molecule has 0 radical (unpaired) electrons. The van der Waals surface area contributed by atoms with E-state index in [1.165, 1.54) is 6.07 Å². The highest BCUT2D eigenvalue weighted by molar-refractivity contribution is 6.29. The molecule has 0 aliphatic rings. The molecule has 1 aromatic heterocycles. The number of hydrogen-bond donors (Lipinski definition) is 2. The maximum absolute atomic E-state index is 11.2. The standard InChI is InChI=1S/C12H10ClN3O2/c13-7-12(18)14-9-3-1-2-8(6-9)10-4-5-11(17)16-15-10/h1-6H,7H2,(H,14,18)(H,16,17). The van der Waals surface area contributed by atoms with Crippen LogP contribution in [0.3, 0.4) is 0 Å². The van der Waals surface area contributed by atoms with Gasteiger partial charge in [0.25, 0.3) is 5.56 Å². The molecule has 1 amide bonds. The zero-order valence-electron chi connectivity index (χ0n) is 9.31. The second-order valence-electron chi connectivity index (χ2n) is 3.57. The molecule has 5 nitrogen and oxygen atoms in total. The number of alkyl halides is 1. The molecule has 1 heterocycles. The fraction of sp³-hybridized carbons (Fsp3) is 0.0833. The zero-order valence-corrected chi connectivity index (χ0v) is 10.1. The highest BCUT2D eigenvalue weighted by Gasteiger charge is 2.03. The molecule has 0 saturated heterocycles. The molecule has 0 aliphatic carbocycles. The fourth-order valence-corrected chi connectivity index (χ4v) is 1.52. The molecule has 0 unspecified atom stereocenters. The second-order valence-corrected chi connectivity index (χ2v) is 3.84. The number of benzene rings is 1. The van der Waals surface area contributed by atoms with Gasteiger partial charge in [0.15, 0.2) is 0 Å². The SMILES string of the molecule is O=C(CCl)Nc1cccc(-c2ccc(=O)[nH]n2)c1. The number of nitrogens with zero attached hydrogens (tertiary/aromatic N) is 1. The Kier molecular flexibility index (Phi) is 3.74. The smallest absolute Gasteiger partial charge is 0.264 e. The average molecular weight is 264 g/mol. The Bertz CT molecular complexity index is 604. The van der Waals surface area contributed by atoms with Crippen molar-refractivity contribution in [3.8, 4) is 11.3 Å². The molecule has 2 N–H and O–H groups in total. The molecule has 18 heavy (non-hydrogen) atoms. The Hall–Kier alpha value is -2.14. The van der Waals surface area contributed by atoms with Crippen LogP contribution in [-0.2, 0) is 4.79 Å². The number of amides is 1. The summed E-state index contributed by atoms with van der Waals surface area (Å²) in [5, 5.41) is 8.91. The molecule has 1 aromatic carbocycles. The first-order valence-electron chi connectivity index (χ1n) is 5.21. The average Bonchev–Trinajstić information content (AvgIpc) is 2.40. The summed E-state index contributed by atoms with van der Waals surface area (Å²) < 4.78 is 0. The van der Waals surface area contributed by atoms with E-state index in [2.05, 4.69) is 15.5 Å². The lowest BCUT2D eigenvalue weighted by Gasteiger charge is -2.05. The van der Waals surface area contributed by atoms with Gasteiger partial charge >= 0.3 is 0 Å². The van der Waals surface area contributed by atoms with Crippen LogP contribution in [0, 0.1) is 0 Å². The Labute approximate surface area is 108 Å². The van der Waals surface area contributed by atoms with Gasteiger partial charge in [0, 0.05) is 17.3 Å². The summed E-state index contributed by atoms with van der Waals surface area (Å²) in [6, 6.07) is 10.1. The highest BCUT2D eigenvalue weighted by Crippen LogP contribution is 2.19. The van der Waals surface area contributed by atoms with Crippen molar-refractivity contribution in [2.45, 2.75) is 0 Å². The summed E-state index contributed by atoms with van der Waals surface area (Å²) in [5.41, 5.74) is 1.78. The summed E-state index contributed by atoms with van der Waals surface area (Å²) in [7, 11) is 0. The van der Waals surface area contributed by atoms with Crippen LogP contribution in [0.4, 0.5) is 5.69 Å². The maximum atomic E-state index is 11.2. The first-order chi connectivity index (χ1) is 8.69. The highest BCUT2D eigenvalue weighted by atomic mass is 35.5. The first-order valence-corrected chi connectivity index (χ1v) is 5.74. The van der Waals surface area contributed by atoms with Gasteiger partial charge in [-0.25, -0.2) is 5.10 Å². The van der Waals surface area contributed by atoms with Gasteiger partial charge in [0.05, 0.1) is 5.69 Å². The third kappa shape index (κ3) is 2.95. The van der Waals surface area contributed by atoms with Gasteiger partial charge in [-0.15, -0.1) is 11.6 Å². The van der Waals surface area contributed by atoms with Crippen LogP contribution in [0.5, 0.6) is 0 Å². The number of nitrogens with one attached hydrogen (secondary N) is 2. The van der Waals surface area contributed by atoms with E-state index in [4.69, 9.17) is 11.6 Å². The molecule has 0 bridgehead atoms. The number of aromatic nitrogens is 2. The molecule has 0 atom stereocenters. The van der Waals surface area contributed by atoms with Crippen molar-refractivity contribution >= 4 is 23.2 Å². The summed E-state index contributed by atoms with van der Waals surface area (Å²) in [6.07, 6.45) is 0. The minimum Gasteiger partial charge on any atom is -0.325 e. The zero-order chi connectivity index (χ0) is 13.0. The molecular formula is C12H10ClN3O2. The van der Waals surface area contributed by atoms with E-state index in [0.717, 1.165) is 5.56 Å². The molecule has 6 heteroatoms. The van der Waals surface area contributed by atoms with E-state index in [1.54, 1.807) is 24.3 Å². The topological polar surface area (TPSA) is 74.8 Å².